The zero-order chi connectivity index (χ0) is 18.8. The highest BCUT2D eigenvalue weighted by Crippen LogP contribution is 2.24. The number of ether oxygens (including phenoxy) is 2. The molecule has 7 heteroatoms. The average molecular weight is 490 g/mol. The van der Waals surface area contributed by atoms with Gasteiger partial charge < -0.3 is 20.1 Å². The van der Waals surface area contributed by atoms with Crippen LogP contribution in [-0.4, -0.2) is 70.5 Å². The second-order valence-electron chi connectivity index (χ2n) is 7.50. The molecule has 0 amide bonds. The number of aliphatic imine (C=N–C) groups is 1. The van der Waals surface area contributed by atoms with Crippen molar-refractivity contribution in [1.82, 2.24) is 15.5 Å². The molecule has 0 aliphatic carbocycles. The average Bonchev–Trinajstić information content (AvgIpc) is 2.64. The van der Waals surface area contributed by atoms with Gasteiger partial charge in [-0.2, -0.15) is 0 Å². The number of guanidine groups is 1. The summed E-state index contributed by atoms with van der Waals surface area (Å²) in [4.78, 5) is 6.65. The van der Waals surface area contributed by atoms with E-state index in [1.807, 2.05) is 12.1 Å². The minimum atomic E-state index is 0. The van der Waals surface area contributed by atoms with Crippen molar-refractivity contribution in [2.75, 3.05) is 59.6 Å². The molecule has 27 heavy (non-hydrogen) atoms. The molecule has 2 N–H and O–H groups in total. The Morgan fingerprint density at radius 1 is 1.11 bits per heavy atom. The van der Waals surface area contributed by atoms with Crippen LogP contribution in [-0.2, 0) is 10.2 Å². The summed E-state index contributed by atoms with van der Waals surface area (Å²) in [7, 11) is 1.79. The van der Waals surface area contributed by atoms with Gasteiger partial charge in [0.15, 0.2) is 5.96 Å². The maximum atomic E-state index is 5.80. The molecule has 1 aliphatic heterocycles. The van der Waals surface area contributed by atoms with Crippen LogP contribution in [0.1, 0.15) is 26.3 Å². The van der Waals surface area contributed by atoms with Gasteiger partial charge in [0.1, 0.15) is 12.4 Å². The summed E-state index contributed by atoms with van der Waals surface area (Å²) in [5, 5.41) is 6.62. The van der Waals surface area contributed by atoms with Gasteiger partial charge in [0.05, 0.1) is 19.8 Å². The van der Waals surface area contributed by atoms with Crippen LogP contribution in [0, 0.1) is 0 Å². The zero-order valence-corrected chi connectivity index (χ0v) is 19.4. The van der Waals surface area contributed by atoms with Crippen molar-refractivity contribution in [3.8, 4) is 5.75 Å². The molecule has 2 rings (SSSR count). The molecule has 0 spiro atoms. The SMILES string of the molecule is CN=C(NCCOc1ccc(C(C)(C)C)cc1)NCCN1CCOCC1.I. The van der Waals surface area contributed by atoms with Crippen LogP contribution >= 0.6 is 24.0 Å². The predicted molar refractivity (Wildman–Crippen MR) is 123 cm³/mol. The minimum Gasteiger partial charge on any atom is -0.492 e. The highest BCUT2D eigenvalue weighted by Gasteiger charge is 2.13. The van der Waals surface area contributed by atoms with Gasteiger partial charge in [-0.05, 0) is 23.1 Å². The van der Waals surface area contributed by atoms with E-state index in [1.165, 1.54) is 5.56 Å². The van der Waals surface area contributed by atoms with Crippen LogP contribution in [0.2, 0.25) is 0 Å². The van der Waals surface area contributed by atoms with Crippen molar-refractivity contribution in [3.63, 3.8) is 0 Å². The van der Waals surface area contributed by atoms with E-state index in [4.69, 9.17) is 9.47 Å². The fourth-order valence-corrected chi connectivity index (χ4v) is 2.77. The highest BCUT2D eigenvalue weighted by atomic mass is 127. The van der Waals surface area contributed by atoms with Gasteiger partial charge in [0.2, 0.25) is 0 Å². The van der Waals surface area contributed by atoms with Gasteiger partial charge in [0, 0.05) is 33.2 Å². The van der Waals surface area contributed by atoms with Gasteiger partial charge >= 0.3 is 0 Å². The van der Waals surface area contributed by atoms with E-state index in [0.29, 0.717) is 13.2 Å². The van der Waals surface area contributed by atoms with E-state index in [1.54, 1.807) is 7.05 Å². The minimum absolute atomic E-state index is 0. The number of morpholine rings is 1. The van der Waals surface area contributed by atoms with E-state index in [9.17, 15) is 0 Å². The quantitative estimate of drug-likeness (QED) is 0.266. The molecule has 1 aromatic carbocycles. The zero-order valence-electron chi connectivity index (χ0n) is 17.1. The fraction of sp³-hybridized carbons (Fsp3) is 0.650. The summed E-state index contributed by atoms with van der Waals surface area (Å²) < 4.78 is 11.2. The molecule has 1 aromatic rings. The van der Waals surface area contributed by atoms with Gasteiger partial charge in [-0.15, -0.1) is 24.0 Å². The summed E-state index contributed by atoms with van der Waals surface area (Å²) in [5.41, 5.74) is 1.48. The summed E-state index contributed by atoms with van der Waals surface area (Å²) in [5.74, 6) is 1.71. The monoisotopic (exact) mass is 490 g/mol. The Balaban J connectivity index is 0.00000364. The first-order valence-corrected chi connectivity index (χ1v) is 9.47. The molecular formula is C20H35IN4O2. The third-order valence-electron chi connectivity index (χ3n) is 4.43. The summed E-state index contributed by atoms with van der Waals surface area (Å²) in [6.45, 7) is 13.5. The molecule has 1 aliphatic rings. The normalized spacial score (nSPS) is 15.8. The van der Waals surface area contributed by atoms with Crippen molar-refractivity contribution >= 4 is 29.9 Å². The largest absolute Gasteiger partial charge is 0.492 e. The molecule has 0 radical (unpaired) electrons. The maximum Gasteiger partial charge on any atom is 0.191 e. The smallest absolute Gasteiger partial charge is 0.191 e. The van der Waals surface area contributed by atoms with E-state index in [-0.39, 0.29) is 29.4 Å². The first-order chi connectivity index (χ1) is 12.5. The number of nitrogens with one attached hydrogen (secondary N) is 2. The number of rotatable bonds is 7. The Morgan fingerprint density at radius 2 is 1.74 bits per heavy atom. The predicted octanol–water partition coefficient (Wildman–Crippen LogP) is 2.48. The van der Waals surface area contributed by atoms with Crippen LogP contribution in [0.3, 0.4) is 0 Å². The summed E-state index contributed by atoms with van der Waals surface area (Å²) in [6.07, 6.45) is 0. The molecule has 0 atom stereocenters. The Kier molecular flexibility index (Phi) is 11.0. The summed E-state index contributed by atoms with van der Waals surface area (Å²) >= 11 is 0. The van der Waals surface area contributed by atoms with Gasteiger partial charge in [-0.3, -0.25) is 9.89 Å². The number of benzene rings is 1. The van der Waals surface area contributed by atoms with Gasteiger partial charge in [0.25, 0.3) is 0 Å². The van der Waals surface area contributed by atoms with Crippen LogP contribution in [0.15, 0.2) is 29.3 Å². The third kappa shape index (κ3) is 9.12. The van der Waals surface area contributed by atoms with Crippen LogP contribution < -0.4 is 15.4 Å². The molecule has 1 fully saturated rings. The van der Waals surface area contributed by atoms with Crippen LogP contribution in [0.25, 0.3) is 0 Å². The lowest BCUT2D eigenvalue weighted by atomic mass is 9.87. The molecule has 6 nitrogen and oxygen atoms in total. The molecular weight excluding hydrogens is 455 g/mol. The number of nitrogens with zero attached hydrogens (tertiary/aromatic N) is 2. The number of hydrogen-bond donors (Lipinski definition) is 2. The third-order valence-corrected chi connectivity index (χ3v) is 4.43. The lowest BCUT2D eigenvalue weighted by Gasteiger charge is -2.26. The molecule has 1 heterocycles. The van der Waals surface area contributed by atoms with Gasteiger partial charge in [-0.25, -0.2) is 0 Å². The number of halogens is 1. The standard InChI is InChI=1S/C20H34N4O2.HI/c1-20(2,3)17-5-7-18(8-6-17)26-14-10-23-19(21-4)22-9-11-24-12-15-25-16-13-24;/h5-8H,9-16H2,1-4H3,(H2,21,22,23);1H. The van der Waals surface area contributed by atoms with Gasteiger partial charge in [-0.1, -0.05) is 32.9 Å². The molecule has 154 valence electrons. The van der Waals surface area contributed by atoms with Crippen LogP contribution in [0.4, 0.5) is 0 Å². The lowest BCUT2D eigenvalue weighted by Crippen LogP contribution is -2.45. The van der Waals surface area contributed by atoms with Crippen molar-refractivity contribution in [2.45, 2.75) is 26.2 Å². The Hall–Kier alpha value is -1.06. The van der Waals surface area contributed by atoms with E-state index < -0.39 is 0 Å². The topological polar surface area (TPSA) is 58.1 Å². The second-order valence-corrected chi connectivity index (χ2v) is 7.50. The molecule has 0 bridgehead atoms. The van der Waals surface area contributed by atoms with Crippen molar-refractivity contribution < 1.29 is 9.47 Å². The van der Waals surface area contributed by atoms with Crippen molar-refractivity contribution in [1.29, 1.82) is 0 Å². The number of hydrogen-bond acceptors (Lipinski definition) is 4. The first-order valence-electron chi connectivity index (χ1n) is 9.47. The molecule has 0 unspecified atom stereocenters. The van der Waals surface area contributed by atoms with Crippen molar-refractivity contribution in [3.05, 3.63) is 29.8 Å². The summed E-state index contributed by atoms with van der Waals surface area (Å²) in [6, 6.07) is 8.34. The molecule has 0 saturated carbocycles. The second kappa shape index (κ2) is 12.4. The highest BCUT2D eigenvalue weighted by molar-refractivity contribution is 14.0. The van der Waals surface area contributed by atoms with E-state index in [2.05, 4.69) is 53.4 Å². The van der Waals surface area contributed by atoms with E-state index >= 15 is 0 Å². The lowest BCUT2D eigenvalue weighted by molar-refractivity contribution is 0.0389. The van der Waals surface area contributed by atoms with E-state index in [0.717, 1.165) is 51.1 Å². The van der Waals surface area contributed by atoms with Crippen LogP contribution in [0.5, 0.6) is 5.75 Å². The molecule has 1 saturated heterocycles. The maximum absolute atomic E-state index is 5.80. The Labute approximate surface area is 181 Å². The molecule has 0 aromatic heterocycles. The van der Waals surface area contributed by atoms with Crippen molar-refractivity contribution in [2.24, 2.45) is 4.99 Å². The fourth-order valence-electron chi connectivity index (χ4n) is 2.77. The first kappa shape index (κ1) is 24.0. The Bertz CT molecular complexity index is 552. The Morgan fingerprint density at radius 3 is 2.33 bits per heavy atom.